The van der Waals surface area contributed by atoms with Crippen molar-refractivity contribution >= 4 is 17.7 Å². The fourth-order valence-electron chi connectivity index (χ4n) is 3.26. The highest BCUT2D eigenvalue weighted by atomic mass is 32.2. The Morgan fingerprint density at radius 2 is 1.89 bits per heavy atom. The van der Waals surface area contributed by atoms with Crippen LogP contribution in [0.15, 0.2) is 29.4 Å². The Bertz CT molecular complexity index is 771. The second-order valence-corrected chi connectivity index (χ2v) is 7.72. The molecule has 27 heavy (non-hydrogen) atoms. The van der Waals surface area contributed by atoms with Gasteiger partial charge in [-0.25, -0.2) is 4.68 Å². The van der Waals surface area contributed by atoms with E-state index in [1.807, 2.05) is 40.8 Å². The number of methoxy groups -OCH3 is 1. The molecule has 0 spiro atoms. The summed E-state index contributed by atoms with van der Waals surface area (Å²) in [6, 6.07) is 7.69. The van der Waals surface area contributed by atoms with Crippen LogP contribution in [-0.2, 0) is 4.79 Å². The van der Waals surface area contributed by atoms with Crippen LogP contribution in [0, 0.1) is 6.92 Å². The van der Waals surface area contributed by atoms with Gasteiger partial charge in [-0.3, -0.25) is 4.79 Å². The maximum absolute atomic E-state index is 13.4. The molecule has 0 unspecified atom stereocenters. The van der Waals surface area contributed by atoms with Gasteiger partial charge in [0.1, 0.15) is 16.8 Å². The van der Waals surface area contributed by atoms with Gasteiger partial charge in [-0.1, -0.05) is 37.7 Å². The second kappa shape index (κ2) is 8.65. The average Bonchev–Trinajstić information content (AvgIpc) is 3.06. The first-order chi connectivity index (χ1) is 13.1. The fraction of sp³-hybridized carbons (Fsp3) is 0.526. The smallest absolute Gasteiger partial charge is 0.238 e. The summed E-state index contributed by atoms with van der Waals surface area (Å²) < 4.78 is 7.14. The number of amides is 1. The number of benzene rings is 1. The van der Waals surface area contributed by atoms with E-state index in [-0.39, 0.29) is 17.2 Å². The zero-order valence-corrected chi connectivity index (χ0v) is 17.1. The molecule has 3 rings (SSSR count). The maximum atomic E-state index is 13.4. The lowest BCUT2D eigenvalue weighted by Gasteiger charge is -2.35. The van der Waals surface area contributed by atoms with Crippen LogP contribution >= 0.6 is 11.8 Å². The SMILES string of the molecule is CCCN(CCC)C(=O)[C@@H]1Sc2nnc(C)n2N[C@H]1c1ccc(OC)cc1. The van der Waals surface area contributed by atoms with E-state index in [0.717, 1.165) is 48.2 Å². The standard InChI is InChI=1S/C19H27N5O2S/c1-5-11-23(12-6-2)18(25)17-16(14-7-9-15(26-4)10-8-14)22-24-13(3)20-21-19(24)27-17/h7-10,16-17,22H,5-6,11-12H2,1-4H3/t16-,17+/m0/s1. The van der Waals surface area contributed by atoms with Crippen LogP contribution < -0.4 is 10.2 Å². The molecule has 1 aromatic carbocycles. The van der Waals surface area contributed by atoms with Crippen LogP contribution in [0.2, 0.25) is 0 Å². The number of carbonyl (C=O) groups is 1. The average molecular weight is 390 g/mol. The molecule has 1 aliphatic rings. The van der Waals surface area contributed by atoms with Gasteiger partial charge < -0.3 is 15.1 Å². The summed E-state index contributed by atoms with van der Waals surface area (Å²) in [5.41, 5.74) is 4.49. The van der Waals surface area contributed by atoms with Crippen molar-refractivity contribution in [3.8, 4) is 5.75 Å². The lowest BCUT2D eigenvalue weighted by molar-refractivity contribution is -0.131. The molecule has 0 bridgehead atoms. The number of nitrogens with zero attached hydrogens (tertiary/aromatic N) is 4. The molecule has 0 aliphatic carbocycles. The number of fused-ring (bicyclic) bond motifs is 1. The molecule has 7 nitrogen and oxygen atoms in total. The summed E-state index contributed by atoms with van der Waals surface area (Å²) in [5, 5.41) is 8.80. The van der Waals surface area contributed by atoms with Crippen LogP contribution in [0.3, 0.4) is 0 Å². The van der Waals surface area contributed by atoms with Gasteiger partial charge in [-0.15, -0.1) is 10.2 Å². The number of rotatable bonds is 7. The van der Waals surface area contributed by atoms with Crippen LogP contribution in [-0.4, -0.2) is 51.1 Å². The zero-order valence-electron chi connectivity index (χ0n) is 16.3. The molecular weight excluding hydrogens is 362 g/mol. The van der Waals surface area contributed by atoms with E-state index in [1.54, 1.807) is 7.11 Å². The van der Waals surface area contributed by atoms with E-state index in [1.165, 1.54) is 11.8 Å². The van der Waals surface area contributed by atoms with Gasteiger partial charge in [-0.2, -0.15) is 0 Å². The highest BCUT2D eigenvalue weighted by Crippen LogP contribution is 2.38. The molecule has 2 atom stereocenters. The van der Waals surface area contributed by atoms with Crippen LogP contribution in [0.4, 0.5) is 0 Å². The lowest BCUT2D eigenvalue weighted by atomic mass is 10.0. The number of hydrogen-bond acceptors (Lipinski definition) is 6. The summed E-state index contributed by atoms with van der Waals surface area (Å²) in [7, 11) is 1.65. The number of hydrogen-bond donors (Lipinski definition) is 1. The van der Waals surface area contributed by atoms with Gasteiger partial charge in [0.25, 0.3) is 0 Å². The quantitative estimate of drug-likeness (QED) is 0.785. The molecule has 8 heteroatoms. The summed E-state index contributed by atoms with van der Waals surface area (Å²) >= 11 is 1.48. The molecule has 0 radical (unpaired) electrons. The van der Waals surface area contributed by atoms with E-state index in [9.17, 15) is 4.79 Å². The third-order valence-electron chi connectivity index (χ3n) is 4.62. The van der Waals surface area contributed by atoms with E-state index < -0.39 is 0 Å². The van der Waals surface area contributed by atoms with Crippen molar-refractivity contribution in [1.82, 2.24) is 19.8 Å². The number of thioether (sulfide) groups is 1. The first-order valence-corrected chi connectivity index (χ1v) is 10.2. The number of ether oxygens (including phenoxy) is 1. The minimum absolute atomic E-state index is 0.143. The molecule has 1 aromatic heterocycles. The van der Waals surface area contributed by atoms with Crippen molar-refractivity contribution in [1.29, 1.82) is 0 Å². The fourth-order valence-corrected chi connectivity index (χ4v) is 4.47. The van der Waals surface area contributed by atoms with E-state index in [0.29, 0.717) is 0 Å². The topological polar surface area (TPSA) is 72.3 Å². The largest absolute Gasteiger partial charge is 0.497 e. The van der Waals surface area contributed by atoms with Crippen molar-refractivity contribution in [3.05, 3.63) is 35.7 Å². The first-order valence-electron chi connectivity index (χ1n) is 9.37. The van der Waals surface area contributed by atoms with Crippen LogP contribution in [0.1, 0.15) is 44.1 Å². The summed E-state index contributed by atoms with van der Waals surface area (Å²) in [6.45, 7) is 7.64. The lowest BCUT2D eigenvalue weighted by Crippen LogP contribution is -2.46. The normalized spacial score (nSPS) is 18.5. The van der Waals surface area contributed by atoms with Gasteiger partial charge in [0, 0.05) is 13.1 Å². The number of aromatic nitrogens is 3. The van der Waals surface area contributed by atoms with Crippen molar-refractivity contribution in [2.45, 2.75) is 50.1 Å². The molecule has 1 N–H and O–H groups in total. The van der Waals surface area contributed by atoms with Gasteiger partial charge in [0.05, 0.1) is 13.2 Å². The van der Waals surface area contributed by atoms with Gasteiger partial charge in [0.2, 0.25) is 11.1 Å². The van der Waals surface area contributed by atoms with Crippen molar-refractivity contribution in [2.75, 3.05) is 25.6 Å². The maximum Gasteiger partial charge on any atom is 0.238 e. The molecule has 0 saturated carbocycles. The predicted octanol–water partition coefficient (Wildman–Crippen LogP) is 3.00. The van der Waals surface area contributed by atoms with E-state index in [4.69, 9.17) is 4.74 Å². The third-order valence-corrected chi connectivity index (χ3v) is 5.82. The van der Waals surface area contributed by atoms with E-state index >= 15 is 0 Å². The first kappa shape index (κ1) is 19.5. The van der Waals surface area contributed by atoms with Gasteiger partial charge in [0.15, 0.2) is 0 Å². The number of nitrogens with one attached hydrogen (secondary N) is 1. The molecule has 1 aliphatic heterocycles. The Morgan fingerprint density at radius 1 is 1.22 bits per heavy atom. The molecule has 1 amide bonds. The Morgan fingerprint density at radius 3 is 2.48 bits per heavy atom. The van der Waals surface area contributed by atoms with Crippen LogP contribution in [0.25, 0.3) is 0 Å². The summed E-state index contributed by atoms with van der Waals surface area (Å²) in [5.74, 6) is 1.72. The van der Waals surface area contributed by atoms with Gasteiger partial charge in [-0.05, 0) is 37.5 Å². The molecule has 0 fully saturated rings. The van der Waals surface area contributed by atoms with Crippen molar-refractivity contribution < 1.29 is 9.53 Å². The number of carbonyl (C=O) groups excluding carboxylic acids is 1. The Kier molecular flexibility index (Phi) is 6.26. The van der Waals surface area contributed by atoms with Crippen LogP contribution in [0.5, 0.6) is 5.75 Å². The zero-order chi connectivity index (χ0) is 19.4. The van der Waals surface area contributed by atoms with E-state index in [2.05, 4.69) is 29.5 Å². The third kappa shape index (κ3) is 4.05. The summed E-state index contributed by atoms with van der Waals surface area (Å²) in [6.07, 6.45) is 1.89. The molecule has 0 saturated heterocycles. The molecular formula is C19H27N5O2S. The Labute approximate surface area is 164 Å². The van der Waals surface area contributed by atoms with Crippen molar-refractivity contribution in [3.63, 3.8) is 0 Å². The minimum Gasteiger partial charge on any atom is -0.497 e. The molecule has 2 heterocycles. The van der Waals surface area contributed by atoms with Crippen molar-refractivity contribution in [2.24, 2.45) is 0 Å². The second-order valence-electron chi connectivity index (χ2n) is 6.61. The highest BCUT2D eigenvalue weighted by molar-refractivity contribution is 8.00. The molecule has 146 valence electrons. The molecule has 2 aromatic rings. The summed E-state index contributed by atoms with van der Waals surface area (Å²) in [4.78, 5) is 15.4. The number of aryl methyl sites for hydroxylation is 1. The minimum atomic E-state index is -0.299. The Balaban J connectivity index is 1.95. The predicted molar refractivity (Wildman–Crippen MR) is 107 cm³/mol. The Hall–Kier alpha value is -2.22. The van der Waals surface area contributed by atoms with Gasteiger partial charge >= 0.3 is 0 Å². The monoisotopic (exact) mass is 389 g/mol. The highest BCUT2D eigenvalue weighted by Gasteiger charge is 2.39.